The number of esters is 1. The van der Waals surface area contributed by atoms with Gasteiger partial charge in [0, 0.05) is 6.10 Å². The lowest BCUT2D eigenvalue weighted by Crippen LogP contribution is -2.68. The van der Waals surface area contributed by atoms with E-state index in [1.165, 1.54) is 48.9 Å². The molecule has 2 aromatic carbocycles. The van der Waals surface area contributed by atoms with E-state index in [1.807, 2.05) is 6.92 Å². The Balaban J connectivity index is 1.20. The monoisotopic (exact) mass is 727 g/mol. The molecular weight excluding hydrogens is 657 g/mol. The van der Waals surface area contributed by atoms with Crippen LogP contribution in [0.15, 0.2) is 72.3 Å². The van der Waals surface area contributed by atoms with Gasteiger partial charge in [-0.15, -0.1) is 0 Å². The lowest BCUT2D eigenvalue weighted by atomic mass is 9.47. The molecule has 10 atom stereocenters. The largest absolute Gasteiger partial charge is 0.466 e. The number of carbonyl (C=O) groups excluding carboxylic acids is 1. The maximum absolute atomic E-state index is 12.9. The minimum atomic E-state index is -2.61. The van der Waals surface area contributed by atoms with Crippen LogP contribution in [0.25, 0.3) is 0 Å². The summed E-state index contributed by atoms with van der Waals surface area (Å²) in [5, 5.41) is 14.4. The first kappa shape index (κ1) is 39.5. The molecule has 0 aromatic heterocycles. The van der Waals surface area contributed by atoms with Crippen molar-refractivity contribution in [1.29, 1.82) is 0 Å². The van der Waals surface area contributed by atoms with E-state index >= 15 is 0 Å². The second kappa shape index (κ2) is 15.5. The van der Waals surface area contributed by atoms with Gasteiger partial charge in [0.2, 0.25) is 0 Å². The second-order valence-electron chi connectivity index (χ2n) is 19.4. The zero-order chi connectivity index (χ0) is 37.5. The predicted molar refractivity (Wildman–Crippen MR) is 217 cm³/mol. The predicted octanol–water partition coefficient (Wildman–Crippen LogP) is 10.1. The molecule has 0 aliphatic heterocycles. The molecule has 52 heavy (non-hydrogen) atoms. The summed E-state index contributed by atoms with van der Waals surface area (Å²) in [6.07, 6.45) is 13.3. The number of carbonyl (C=O) groups is 1. The van der Waals surface area contributed by atoms with Crippen molar-refractivity contribution in [3.63, 3.8) is 0 Å². The summed E-state index contributed by atoms with van der Waals surface area (Å²) in [4.78, 5) is 12.9. The molecule has 6 rings (SSSR count). The van der Waals surface area contributed by atoms with Crippen molar-refractivity contribution in [3.05, 3.63) is 72.3 Å². The fraction of sp³-hybridized carbons (Fsp3) is 0.681. The number of benzene rings is 2. The molecule has 4 nitrogen and oxygen atoms in total. The lowest BCUT2D eigenvalue weighted by Gasteiger charge is -2.59. The standard InChI is InChI=1S/C47H70O4Si/c1-10-50-44(49)34(29-32(2)3)30-43(48)33(4)40-23-24-41-39-22-21-35-31-36(25-27-46(35,8)42(39)26-28-47(40,41)9)51-52(45(5,6)7,37-17-13-11-14-18-37)38-19-15-12-16-20-38/h11-21,32-34,36,39-43,48H,10,22-31H2,1-9H3/t33-,34-,36-,39-,40+,41-,42-,43+,46-,47+/m0/s1. The zero-order valence-corrected chi connectivity index (χ0v) is 35.0. The summed E-state index contributed by atoms with van der Waals surface area (Å²) in [6, 6.07) is 22.3. The van der Waals surface area contributed by atoms with Crippen molar-refractivity contribution >= 4 is 24.7 Å². The van der Waals surface area contributed by atoms with Gasteiger partial charge in [0.15, 0.2) is 0 Å². The van der Waals surface area contributed by atoms with Crippen LogP contribution >= 0.6 is 0 Å². The number of hydrogen-bond donors (Lipinski definition) is 1. The molecule has 0 heterocycles. The summed E-state index contributed by atoms with van der Waals surface area (Å²) in [5.41, 5.74) is 2.15. The van der Waals surface area contributed by atoms with E-state index in [9.17, 15) is 9.90 Å². The first-order chi connectivity index (χ1) is 24.7. The van der Waals surface area contributed by atoms with Crippen molar-refractivity contribution < 1.29 is 19.1 Å². The molecule has 5 heteroatoms. The number of rotatable bonds is 12. The Morgan fingerprint density at radius 3 is 2.10 bits per heavy atom. The van der Waals surface area contributed by atoms with Crippen LogP contribution in [0.3, 0.4) is 0 Å². The fourth-order valence-electron chi connectivity index (χ4n) is 12.5. The molecule has 0 spiro atoms. The van der Waals surface area contributed by atoms with Gasteiger partial charge in [-0.1, -0.05) is 128 Å². The third-order valence-corrected chi connectivity index (χ3v) is 20.1. The summed E-state index contributed by atoms with van der Waals surface area (Å²) < 4.78 is 13.2. The average Bonchev–Trinajstić information content (AvgIpc) is 3.47. The maximum Gasteiger partial charge on any atom is 0.309 e. The van der Waals surface area contributed by atoms with Gasteiger partial charge in [-0.25, -0.2) is 0 Å². The Bertz CT molecular complexity index is 1490. The Morgan fingerprint density at radius 2 is 1.52 bits per heavy atom. The topological polar surface area (TPSA) is 55.8 Å². The highest BCUT2D eigenvalue weighted by Gasteiger charge is 2.60. The number of ether oxygens (including phenoxy) is 1. The molecule has 4 aliphatic rings. The zero-order valence-electron chi connectivity index (χ0n) is 34.0. The lowest BCUT2D eigenvalue weighted by molar-refractivity contribution is -0.150. The van der Waals surface area contributed by atoms with Gasteiger partial charge in [-0.05, 0) is 133 Å². The van der Waals surface area contributed by atoms with E-state index in [4.69, 9.17) is 9.16 Å². The molecule has 0 unspecified atom stereocenters. The van der Waals surface area contributed by atoms with Crippen molar-refractivity contribution in [3.8, 4) is 0 Å². The summed E-state index contributed by atoms with van der Waals surface area (Å²) in [7, 11) is -2.61. The minimum absolute atomic E-state index is 0.0196. The Hall–Kier alpha value is -2.21. The Kier molecular flexibility index (Phi) is 11.8. The average molecular weight is 727 g/mol. The van der Waals surface area contributed by atoms with Gasteiger partial charge in [-0.3, -0.25) is 4.79 Å². The van der Waals surface area contributed by atoms with Crippen molar-refractivity contribution in [2.45, 2.75) is 144 Å². The van der Waals surface area contributed by atoms with Crippen LogP contribution in [0, 0.1) is 52.3 Å². The normalized spacial score (nSPS) is 32.2. The van der Waals surface area contributed by atoms with Gasteiger partial charge >= 0.3 is 5.97 Å². The Labute approximate surface area is 317 Å². The van der Waals surface area contributed by atoms with E-state index < -0.39 is 14.4 Å². The minimum Gasteiger partial charge on any atom is -0.466 e. The summed E-state index contributed by atoms with van der Waals surface area (Å²) in [5.74, 6) is 2.83. The van der Waals surface area contributed by atoms with E-state index in [1.54, 1.807) is 5.57 Å². The summed E-state index contributed by atoms with van der Waals surface area (Å²) in [6.45, 7) is 21.2. The summed E-state index contributed by atoms with van der Waals surface area (Å²) >= 11 is 0. The van der Waals surface area contributed by atoms with Crippen molar-refractivity contribution in [2.24, 2.45) is 52.3 Å². The van der Waals surface area contributed by atoms with E-state index in [-0.39, 0.29) is 39.8 Å². The van der Waals surface area contributed by atoms with Gasteiger partial charge < -0.3 is 14.3 Å². The van der Waals surface area contributed by atoms with Crippen LogP contribution in [-0.2, 0) is 14.0 Å². The SMILES string of the molecule is CCOC(=O)[C@@H](CC(C)C)C[C@@H](O)[C@@H](C)[C@H]1CC[C@H]2[C@@H]3CC=C4C[C@@H](O[Si](c5ccccc5)(c5ccccc5)C(C)(C)C)CC[C@]4(C)[C@H]3CC[C@]12C. The molecule has 2 aromatic rings. The molecule has 1 N–H and O–H groups in total. The molecule has 3 fully saturated rings. The molecule has 0 radical (unpaired) electrons. The van der Waals surface area contributed by atoms with Crippen LogP contribution in [0.1, 0.15) is 127 Å². The fourth-order valence-corrected chi connectivity index (χ4v) is 17.2. The highest BCUT2D eigenvalue weighted by Crippen LogP contribution is 2.67. The van der Waals surface area contributed by atoms with E-state index in [2.05, 4.69) is 122 Å². The van der Waals surface area contributed by atoms with Gasteiger partial charge in [0.1, 0.15) is 0 Å². The molecule has 0 saturated heterocycles. The van der Waals surface area contributed by atoms with Crippen LogP contribution < -0.4 is 10.4 Å². The number of aliphatic hydroxyl groups is 1. The van der Waals surface area contributed by atoms with Gasteiger partial charge in [-0.2, -0.15) is 0 Å². The van der Waals surface area contributed by atoms with Crippen LogP contribution in [0.5, 0.6) is 0 Å². The molecule has 0 amide bonds. The molecule has 286 valence electrons. The van der Waals surface area contributed by atoms with E-state index in [0.717, 1.165) is 25.2 Å². The quantitative estimate of drug-likeness (QED) is 0.134. The third-order valence-electron chi connectivity index (χ3n) is 15.0. The first-order valence-corrected chi connectivity index (χ1v) is 22.9. The number of allylic oxidation sites excluding steroid dienone is 1. The molecule has 3 saturated carbocycles. The molecule has 4 aliphatic carbocycles. The maximum atomic E-state index is 12.9. The first-order valence-electron chi connectivity index (χ1n) is 21.0. The van der Waals surface area contributed by atoms with Gasteiger partial charge in [0.25, 0.3) is 8.32 Å². The number of hydrogen-bond acceptors (Lipinski definition) is 4. The van der Waals surface area contributed by atoms with Crippen molar-refractivity contribution in [2.75, 3.05) is 6.61 Å². The Morgan fingerprint density at radius 1 is 0.885 bits per heavy atom. The second-order valence-corrected chi connectivity index (χ2v) is 23.6. The molecule has 0 bridgehead atoms. The van der Waals surface area contributed by atoms with Crippen LogP contribution in [-0.4, -0.2) is 38.2 Å². The highest BCUT2D eigenvalue weighted by atomic mass is 28.4. The number of aliphatic hydroxyl groups excluding tert-OH is 1. The number of fused-ring (bicyclic) bond motifs is 5. The van der Waals surface area contributed by atoms with E-state index in [0.29, 0.717) is 36.7 Å². The smallest absolute Gasteiger partial charge is 0.309 e. The highest BCUT2D eigenvalue weighted by molar-refractivity contribution is 6.99. The van der Waals surface area contributed by atoms with Crippen LogP contribution in [0.2, 0.25) is 5.04 Å². The van der Waals surface area contributed by atoms with Gasteiger partial charge in [0.05, 0.1) is 18.6 Å². The molecular formula is C47H70O4Si. The van der Waals surface area contributed by atoms with Crippen LogP contribution in [0.4, 0.5) is 0 Å². The van der Waals surface area contributed by atoms with Crippen molar-refractivity contribution in [1.82, 2.24) is 0 Å². The third kappa shape index (κ3) is 7.17.